The van der Waals surface area contributed by atoms with E-state index in [1.54, 1.807) is 6.92 Å². The van der Waals surface area contributed by atoms with Gasteiger partial charge in [0.2, 0.25) is 0 Å². The molecule has 0 aliphatic carbocycles. The lowest BCUT2D eigenvalue weighted by Crippen LogP contribution is -2.43. The predicted octanol–water partition coefficient (Wildman–Crippen LogP) is 2.54. The first-order valence-electron chi connectivity index (χ1n) is 7.42. The first-order chi connectivity index (χ1) is 10.3. The fourth-order valence-electron chi connectivity index (χ4n) is 1.66. The van der Waals surface area contributed by atoms with E-state index in [2.05, 4.69) is 4.74 Å². The van der Waals surface area contributed by atoms with Crippen molar-refractivity contribution in [1.29, 1.82) is 0 Å². The van der Waals surface area contributed by atoms with Crippen molar-refractivity contribution in [2.45, 2.75) is 45.7 Å². The number of hydrogen-bond donors (Lipinski definition) is 0. The molecular weight excluding hydrogens is 303 g/mol. The summed E-state index contributed by atoms with van der Waals surface area (Å²) in [4.78, 5) is 23.1. The normalized spacial score (nSPS) is 11.3. The molecule has 22 heavy (non-hydrogen) atoms. The van der Waals surface area contributed by atoms with Crippen molar-refractivity contribution in [3.8, 4) is 0 Å². The van der Waals surface area contributed by atoms with Gasteiger partial charge >= 0.3 is 18.1 Å². The Morgan fingerprint density at radius 3 is 2.23 bits per heavy atom. The lowest BCUT2D eigenvalue weighted by atomic mass is 10.3. The van der Waals surface area contributed by atoms with Gasteiger partial charge in [-0.05, 0) is 19.8 Å². The fraction of sp³-hybridized carbons (Fsp3) is 0.857. The van der Waals surface area contributed by atoms with Crippen molar-refractivity contribution in [2.24, 2.45) is 0 Å². The zero-order valence-electron chi connectivity index (χ0n) is 13.1. The highest BCUT2D eigenvalue weighted by molar-refractivity contribution is 5.82. The third kappa shape index (κ3) is 9.59. The summed E-state index contributed by atoms with van der Waals surface area (Å²) in [6.07, 6.45) is -3.06. The SMILES string of the molecule is CCCCOCCCN(CCC(=O)OCC)C(=O)C(F)(F)F. The molecule has 0 atom stereocenters. The van der Waals surface area contributed by atoms with E-state index in [1.807, 2.05) is 6.92 Å². The largest absolute Gasteiger partial charge is 0.471 e. The molecule has 0 heterocycles. The molecule has 0 saturated heterocycles. The van der Waals surface area contributed by atoms with E-state index < -0.39 is 18.1 Å². The van der Waals surface area contributed by atoms with E-state index in [0.717, 1.165) is 12.8 Å². The Kier molecular flexibility index (Phi) is 10.6. The number of nitrogens with zero attached hydrogens (tertiary/aromatic N) is 1. The standard InChI is InChI=1S/C14H24F3NO4/c1-3-5-10-21-11-6-8-18(13(20)14(15,16)17)9-7-12(19)22-4-2/h3-11H2,1-2H3. The van der Waals surface area contributed by atoms with Gasteiger partial charge in [-0.15, -0.1) is 0 Å². The molecule has 0 aliphatic heterocycles. The van der Waals surface area contributed by atoms with Crippen molar-refractivity contribution in [1.82, 2.24) is 4.90 Å². The van der Waals surface area contributed by atoms with Gasteiger partial charge in [0.25, 0.3) is 0 Å². The Labute approximate surface area is 128 Å². The maximum atomic E-state index is 12.5. The van der Waals surface area contributed by atoms with Crippen molar-refractivity contribution < 1.29 is 32.2 Å². The molecule has 0 unspecified atom stereocenters. The van der Waals surface area contributed by atoms with Crippen molar-refractivity contribution in [3.05, 3.63) is 0 Å². The molecule has 1 amide bonds. The molecule has 0 fully saturated rings. The van der Waals surface area contributed by atoms with Gasteiger partial charge in [-0.3, -0.25) is 9.59 Å². The summed E-state index contributed by atoms with van der Waals surface area (Å²) in [6.45, 7) is 4.16. The van der Waals surface area contributed by atoms with Gasteiger partial charge in [-0.25, -0.2) is 0 Å². The Morgan fingerprint density at radius 1 is 1.05 bits per heavy atom. The van der Waals surface area contributed by atoms with Crippen molar-refractivity contribution in [2.75, 3.05) is 32.9 Å². The van der Waals surface area contributed by atoms with E-state index in [-0.39, 0.29) is 39.1 Å². The first-order valence-corrected chi connectivity index (χ1v) is 7.42. The summed E-state index contributed by atoms with van der Waals surface area (Å²) in [5, 5.41) is 0. The van der Waals surface area contributed by atoms with Crippen LogP contribution < -0.4 is 0 Å². The van der Waals surface area contributed by atoms with Crippen molar-refractivity contribution >= 4 is 11.9 Å². The van der Waals surface area contributed by atoms with Crippen LogP contribution in [0.5, 0.6) is 0 Å². The lowest BCUT2D eigenvalue weighted by Gasteiger charge is -2.23. The predicted molar refractivity (Wildman–Crippen MR) is 74.2 cm³/mol. The number of carbonyl (C=O) groups excluding carboxylic acids is 2. The maximum absolute atomic E-state index is 12.5. The van der Waals surface area contributed by atoms with E-state index in [9.17, 15) is 22.8 Å². The third-order valence-electron chi connectivity index (χ3n) is 2.78. The van der Waals surface area contributed by atoms with Crippen LogP contribution in [-0.4, -0.2) is 55.9 Å². The molecule has 5 nitrogen and oxygen atoms in total. The Hall–Kier alpha value is -1.31. The van der Waals surface area contributed by atoms with Crippen LogP contribution in [0, 0.1) is 0 Å². The molecule has 0 saturated carbocycles. The van der Waals surface area contributed by atoms with Gasteiger partial charge in [0.15, 0.2) is 0 Å². The number of esters is 1. The van der Waals surface area contributed by atoms with Crippen LogP contribution >= 0.6 is 0 Å². The van der Waals surface area contributed by atoms with E-state index in [4.69, 9.17) is 4.74 Å². The van der Waals surface area contributed by atoms with Crippen molar-refractivity contribution in [3.63, 3.8) is 0 Å². The third-order valence-corrected chi connectivity index (χ3v) is 2.78. The molecule has 0 aromatic heterocycles. The molecular formula is C14H24F3NO4. The zero-order chi connectivity index (χ0) is 17.0. The summed E-state index contributed by atoms with van der Waals surface area (Å²) in [7, 11) is 0. The number of alkyl halides is 3. The minimum atomic E-state index is -4.95. The number of halogens is 3. The van der Waals surface area contributed by atoms with E-state index >= 15 is 0 Å². The van der Waals surface area contributed by atoms with Gasteiger partial charge in [0.05, 0.1) is 13.0 Å². The van der Waals surface area contributed by atoms with Crippen LogP contribution in [-0.2, 0) is 19.1 Å². The van der Waals surface area contributed by atoms with E-state index in [1.165, 1.54) is 0 Å². The number of carbonyl (C=O) groups is 2. The number of rotatable bonds is 11. The topological polar surface area (TPSA) is 55.8 Å². The van der Waals surface area contributed by atoms with Gasteiger partial charge < -0.3 is 14.4 Å². The zero-order valence-corrected chi connectivity index (χ0v) is 13.1. The smallest absolute Gasteiger partial charge is 0.466 e. The van der Waals surface area contributed by atoms with Crippen LogP contribution in [0.4, 0.5) is 13.2 Å². The molecule has 0 bridgehead atoms. The Bertz CT molecular complexity index is 335. The molecule has 0 rings (SSSR count). The highest BCUT2D eigenvalue weighted by atomic mass is 19.4. The van der Waals surface area contributed by atoms with Gasteiger partial charge in [-0.2, -0.15) is 13.2 Å². The van der Waals surface area contributed by atoms with Crippen LogP contribution in [0.15, 0.2) is 0 Å². The molecule has 8 heteroatoms. The molecule has 0 spiro atoms. The molecule has 130 valence electrons. The number of hydrogen-bond acceptors (Lipinski definition) is 4. The Morgan fingerprint density at radius 2 is 1.68 bits per heavy atom. The number of unbranched alkanes of at least 4 members (excludes halogenated alkanes) is 1. The molecule has 0 aromatic carbocycles. The van der Waals surface area contributed by atoms with Gasteiger partial charge in [0, 0.05) is 26.3 Å². The van der Waals surface area contributed by atoms with Gasteiger partial charge in [0.1, 0.15) is 0 Å². The van der Waals surface area contributed by atoms with Gasteiger partial charge in [-0.1, -0.05) is 13.3 Å². The highest BCUT2D eigenvalue weighted by Crippen LogP contribution is 2.19. The minimum Gasteiger partial charge on any atom is -0.466 e. The summed E-state index contributed by atoms with van der Waals surface area (Å²) in [5.41, 5.74) is 0. The lowest BCUT2D eigenvalue weighted by molar-refractivity contribution is -0.186. The monoisotopic (exact) mass is 327 g/mol. The summed E-state index contributed by atoms with van der Waals surface area (Å²) >= 11 is 0. The highest BCUT2D eigenvalue weighted by Gasteiger charge is 2.42. The Balaban J connectivity index is 4.29. The molecule has 0 aromatic rings. The number of ether oxygens (including phenoxy) is 2. The molecule has 0 radical (unpaired) electrons. The molecule has 0 aliphatic rings. The maximum Gasteiger partial charge on any atom is 0.471 e. The van der Waals surface area contributed by atoms with Crippen LogP contribution in [0.3, 0.4) is 0 Å². The first kappa shape index (κ1) is 20.7. The van der Waals surface area contributed by atoms with Crippen LogP contribution in [0.25, 0.3) is 0 Å². The number of amides is 1. The van der Waals surface area contributed by atoms with Crippen LogP contribution in [0.1, 0.15) is 39.5 Å². The summed E-state index contributed by atoms with van der Waals surface area (Å²) in [5.74, 6) is -2.56. The second kappa shape index (κ2) is 11.3. The second-order valence-electron chi connectivity index (χ2n) is 4.66. The quantitative estimate of drug-likeness (QED) is 0.432. The summed E-state index contributed by atoms with van der Waals surface area (Å²) in [6, 6.07) is 0. The molecule has 0 N–H and O–H groups in total. The fourth-order valence-corrected chi connectivity index (χ4v) is 1.66. The average molecular weight is 327 g/mol. The van der Waals surface area contributed by atoms with Crippen LogP contribution in [0.2, 0.25) is 0 Å². The summed E-state index contributed by atoms with van der Waals surface area (Å²) < 4.78 is 47.4. The van der Waals surface area contributed by atoms with E-state index in [0.29, 0.717) is 11.5 Å². The second-order valence-corrected chi connectivity index (χ2v) is 4.66. The average Bonchev–Trinajstić information content (AvgIpc) is 2.44. The minimum absolute atomic E-state index is 0.107.